The largest absolute Gasteiger partial charge is 0.492 e. The minimum Gasteiger partial charge on any atom is -0.492 e. The molecule has 28 heavy (non-hydrogen) atoms. The normalized spacial score (nSPS) is 12.6. The van der Waals surface area contributed by atoms with Gasteiger partial charge in [0.15, 0.2) is 0 Å². The first-order valence-corrected chi connectivity index (χ1v) is 10.8. The van der Waals surface area contributed by atoms with Gasteiger partial charge in [-0.05, 0) is 49.7 Å². The molecule has 0 aromatic heterocycles. The van der Waals surface area contributed by atoms with Crippen molar-refractivity contribution in [3.05, 3.63) is 58.1 Å². The number of ether oxygens (including phenoxy) is 1. The van der Waals surface area contributed by atoms with E-state index >= 15 is 0 Å². The Bertz CT molecular complexity index is 933. The van der Waals surface area contributed by atoms with Crippen molar-refractivity contribution in [3.63, 3.8) is 0 Å². The molecular formula is C19H22Cl2N2O4S. The highest BCUT2D eigenvalue weighted by Gasteiger charge is 2.27. The molecule has 1 N–H and O–H groups in total. The third-order valence-electron chi connectivity index (χ3n) is 4.01. The van der Waals surface area contributed by atoms with Gasteiger partial charge in [-0.15, -0.1) is 0 Å². The minimum atomic E-state index is -3.97. The van der Waals surface area contributed by atoms with E-state index in [9.17, 15) is 13.2 Å². The second-order valence-electron chi connectivity index (χ2n) is 6.13. The van der Waals surface area contributed by atoms with Crippen LogP contribution in [0.4, 0.5) is 0 Å². The van der Waals surface area contributed by atoms with E-state index in [2.05, 4.69) is 5.32 Å². The Morgan fingerprint density at radius 3 is 2.36 bits per heavy atom. The smallest absolute Gasteiger partial charge is 0.247 e. The maximum Gasteiger partial charge on any atom is 0.247 e. The number of halogens is 2. The molecule has 152 valence electrons. The molecule has 6 nitrogen and oxygen atoms in total. The average molecular weight is 445 g/mol. The van der Waals surface area contributed by atoms with Gasteiger partial charge in [0, 0.05) is 17.1 Å². The van der Waals surface area contributed by atoms with Gasteiger partial charge >= 0.3 is 0 Å². The molecule has 0 heterocycles. The summed E-state index contributed by atoms with van der Waals surface area (Å²) in [6.45, 7) is 3.51. The van der Waals surface area contributed by atoms with Crippen molar-refractivity contribution >= 4 is 39.1 Å². The topological polar surface area (TPSA) is 75.7 Å². The highest BCUT2D eigenvalue weighted by Crippen LogP contribution is 2.29. The molecule has 0 saturated heterocycles. The van der Waals surface area contributed by atoms with Crippen molar-refractivity contribution in [1.29, 1.82) is 0 Å². The van der Waals surface area contributed by atoms with Crippen molar-refractivity contribution in [2.75, 3.05) is 20.2 Å². The second kappa shape index (κ2) is 9.60. The fourth-order valence-electron chi connectivity index (χ4n) is 2.54. The van der Waals surface area contributed by atoms with Crippen molar-refractivity contribution < 1.29 is 17.9 Å². The first-order valence-electron chi connectivity index (χ1n) is 8.58. The molecule has 0 saturated carbocycles. The number of sulfonamides is 1. The van der Waals surface area contributed by atoms with Gasteiger partial charge in [0.05, 0.1) is 19.2 Å². The van der Waals surface area contributed by atoms with E-state index in [0.717, 1.165) is 9.87 Å². The molecule has 2 aromatic carbocycles. The van der Waals surface area contributed by atoms with Crippen molar-refractivity contribution in [2.45, 2.75) is 24.8 Å². The van der Waals surface area contributed by atoms with Crippen LogP contribution in [0.5, 0.6) is 5.75 Å². The predicted octanol–water partition coefficient (Wildman–Crippen LogP) is 3.89. The van der Waals surface area contributed by atoms with Gasteiger partial charge in [-0.2, -0.15) is 4.31 Å². The molecule has 0 spiro atoms. The van der Waals surface area contributed by atoms with E-state index in [4.69, 9.17) is 27.9 Å². The van der Waals surface area contributed by atoms with Gasteiger partial charge in [-0.3, -0.25) is 4.79 Å². The summed E-state index contributed by atoms with van der Waals surface area (Å²) < 4.78 is 32.2. The number of carbonyl (C=O) groups excluding carboxylic acids is 1. The van der Waals surface area contributed by atoms with E-state index in [1.165, 1.54) is 19.2 Å². The maximum atomic E-state index is 12.9. The fourth-order valence-corrected chi connectivity index (χ4v) is 4.18. The summed E-state index contributed by atoms with van der Waals surface area (Å²) in [4.78, 5) is 12.3. The Morgan fingerprint density at radius 2 is 1.75 bits per heavy atom. The molecule has 9 heteroatoms. The van der Waals surface area contributed by atoms with Gasteiger partial charge in [-0.1, -0.05) is 35.3 Å². The summed E-state index contributed by atoms with van der Waals surface area (Å²) in [7, 11) is -2.64. The second-order valence-corrected chi connectivity index (χ2v) is 9.01. The number of rotatable bonds is 8. The predicted molar refractivity (Wildman–Crippen MR) is 110 cm³/mol. The standard InChI is InChI=1S/C19H22Cl2N2O4S/c1-4-27-17-10-9-16(21)11-18(17)28(25,26)23(3)12-19(24)22-13(2)14-5-7-15(20)8-6-14/h5-11,13H,4,12H2,1-3H3,(H,22,24). The van der Waals surface area contributed by atoms with Crippen LogP contribution in [0.2, 0.25) is 10.0 Å². The van der Waals surface area contributed by atoms with E-state index in [0.29, 0.717) is 11.6 Å². The van der Waals surface area contributed by atoms with Crippen LogP contribution in [-0.2, 0) is 14.8 Å². The zero-order chi connectivity index (χ0) is 20.9. The summed E-state index contributed by atoms with van der Waals surface area (Å²) in [5.41, 5.74) is 0.858. The third kappa shape index (κ3) is 5.61. The van der Waals surface area contributed by atoms with E-state index in [1.54, 1.807) is 44.2 Å². The number of amides is 1. The number of hydrogen-bond donors (Lipinski definition) is 1. The SMILES string of the molecule is CCOc1ccc(Cl)cc1S(=O)(=O)N(C)CC(=O)NC(C)c1ccc(Cl)cc1. The van der Waals surface area contributed by atoms with Gasteiger partial charge < -0.3 is 10.1 Å². The van der Waals surface area contributed by atoms with Gasteiger partial charge in [-0.25, -0.2) is 8.42 Å². The van der Waals surface area contributed by atoms with Crippen molar-refractivity contribution in [3.8, 4) is 5.75 Å². The minimum absolute atomic E-state index is 0.0806. The van der Waals surface area contributed by atoms with Crippen LogP contribution < -0.4 is 10.1 Å². The zero-order valence-electron chi connectivity index (χ0n) is 15.8. The number of likely N-dealkylation sites (N-methyl/N-ethyl adjacent to an activating group) is 1. The maximum absolute atomic E-state index is 12.9. The number of nitrogens with zero attached hydrogens (tertiary/aromatic N) is 1. The Labute approximate surface area is 175 Å². The lowest BCUT2D eigenvalue weighted by atomic mass is 10.1. The lowest BCUT2D eigenvalue weighted by Crippen LogP contribution is -2.39. The lowest BCUT2D eigenvalue weighted by molar-refractivity contribution is -0.121. The Kier molecular flexibility index (Phi) is 7.71. The van der Waals surface area contributed by atoms with Crippen LogP contribution in [0.1, 0.15) is 25.5 Å². The molecule has 0 fully saturated rings. The highest BCUT2D eigenvalue weighted by atomic mass is 35.5. The monoisotopic (exact) mass is 444 g/mol. The third-order valence-corrected chi connectivity index (χ3v) is 6.32. The molecule has 2 rings (SSSR count). The van der Waals surface area contributed by atoms with Crippen molar-refractivity contribution in [1.82, 2.24) is 9.62 Å². The molecule has 0 aliphatic rings. The summed E-state index contributed by atoms with van der Waals surface area (Å²) in [5.74, 6) is -0.248. The van der Waals surface area contributed by atoms with Crippen LogP contribution in [-0.4, -0.2) is 38.8 Å². The molecule has 1 amide bonds. The Hall–Kier alpha value is -1.80. The van der Waals surface area contributed by atoms with Crippen LogP contribution in [0, 0.1) is 0 Å². The lowest BCUT2D eigenvalue weighted by Gasteiger charge is -2.21. The highest BCUT2D eigenvalue weighted by molar-refractivity contribution is 7.89. The zero-order valence-corrected chi connectivity index (χ0v) is 18.1. The Morgan fingerprint density at radius 1 is 1.14 bits per heavy atom. The van der Waals surface area contributed by atoms with Gasteiger partial charge in [0.2, 0.25) is 15.9 Å². The fraction of sp³-hybridized carbons (Fsp3) is 0.316. The molecule has 0 aliphatic heterocycles. The summed E-state index contributed by atoms with van der Waals surface area (Å²) in [6, 6.07) is 11.1. The number of nitrogens with one attached hydrogen (secondary N) is 1. The van der Waals surface area contributed by atoms with E-state index < -0.39 is 15.9 Å². The summed E-state index contributed by atoms with van der Waals surface area (Å²) >= 11 is 11.8. The van der Waals surface area contributed by atoms with E-state index in [1.807, 2.05) is 0 Å². The van der Waals surface area contributed by atoms with Crippen molar-refractivity contribution in [2.24, 2.45) is 0 Å². The molecule has 2 aromatic rings. The van der Waals surface area contributed by atoms with Crippen LogP contribution in [0.3, 0.4) is 0 Å². The number of carbonyl (C=O) groups is 1. The molecule has 0 bridgehead atoms. The van der Waals surface area contributed by atoms with Crippen LogP contribution in [0.25, 0.3) is 0 Å². The molecule has 1 atom stereocenters. The average Bonchev–Trinajstić information content (AvgIpc) is 2.63. The summed E-state index contributed by atoms with van der Waals surface area (Å²) in [5, 5.41) is 3.63. The molecular weight excluding hydrogens is 423 g/mol. The van der Waals surface area contributed by atoms with Crippen LogP contribution >= 0.6 is 23.2 Å². The van der Waals surface area contributed by atoms with Gasteiger partial charge in [0.1, 0.15) is 10.6 Å². The summed E-state index contributed by atoms with van der Waals surface area (Å²) in [6.07, 6.45) is 0. The number of hydrogen-bond acceptors (Lipinski definition) is 4. The van der Waals surface area contributed by atoms with Gasteiger partial charge in [0.25, 0.3) is 0 Å². The number of benzene rings is 2. The molecule has 0 aliphatic carbocycles. The first kappa shape index (κ1) is 22.5. The Balaban J connectivity index is 2.12. The van der Waals surface area contributed by atoms with Crippen LogP contribution in [0.15, 0.2) is 47.4 Å². The van der Waals surface area contributed by atoms with E-state index in [-0.39, 0.29) is 28.3 Å². The first-order chi connectivity index (χ1) is 13.1. The molecule has 1 unspecified atom stereocenters. The molecule has 0 radical (unpaired) electrons. The quantitative estimate of drug-likeness (QED) is 0.669.